The molecule has 0 radical (unpaired) electrons. The normalized spacial score (nSPS) is 15.2. The second-order valence-electron chi connectivity index (χ2n) is 7.18. The van der Waals surface area contributed by atoms with E-state index in [9.17, 15) is 13.2 Å². The Bertz CT molecular complexity index is 973. The largest absolute Gasteiger partial charge is 0.350 e. The van der Waals surface area contributed by atoms with Crippen LogP contribution in [0.1, 0.15) is 46.6 Å². The summed E-state index contributed by atoms with van der Waals surface area (Å²) in [7, 11) is -1.85. The van der Waals surface area contributed by atoms with Crippen molar-refractivity contribution in [3.8, 4) is 0 Å². The molecule has 1 aromatic heterocycles. The maximum absolute atomic E-state index is 13.3. The van der Waals surface area contributed by atoms with Gasteiger partial charge in [0.05, 0.1) is 11.3 Å². The number of rotatable bonds is 4. The summed E-state index contributed by atoms with van der Waals surface area (Å²) in [5, 5.41) is 0. The van der Waals surface area contributed by atoms with E-state index in [0.717, 1.165) is 23.7 Å². The number of aromatic nitrogens is 1. The predicted octanol–water partition coefficient (Wildman–Crippen LogP) is 4.00. The molecule has 2 heterocycles. The van der Waals surface area contributed by atoms with E-state index in [4.69, 9.17) is 0 Å². The summed E-state index contributed by atoms with van der Waals surface area (Å²) in [5.74, 6) is -0.291. The molecule has 7 heteroatoms. The molecule has 27 heavy (non-hydrogen) atoms. The maximum Gasteiger partial charge on any atom is 0.257 e. The number of sulfone groups is 1. The number of hydrogen-bond donors (Lipinski definition) is 0. The number of likely N-dealkylation sites (tertiary alicyclic amines) is 1. The Balaban J connectivity index is 2.06. The molecule has 0 saturated carbocycles. The van der Waals surface area contributed by atoms with Crippen molar-refractivity contribution in [2.45, 2.75) is 43.8 Å². The first-order chi connectivity index (χ1) is 12.7. The lowest BCUT2D eigenvalue weighted by molar-refractivity contribution is 0.0720. The zero-order valence-corrected chi connectivity index (χ0v) is 18.4. The fourth-order valence-corrected chi connectivity index (χ4v) is 6.07. The summed E-state index contributed by atoms with van der Waals surface area (Å²) in [6, 6.07) is 7.27. The topological polar surface area (TPSA) is 59.4 Å². The predicted molar refractivity (Wildman–Crippen MR) is 110 cm³/mol. The third-order valence-corrected chi connectivity index (χ3v) is 7.67. The Morgan fingerprint density at radius 3 is 2.41 bits per heavy atom. The molecule has 1 saturated heterocycles. The molecule has 0 atom stereocenters. The minimum Gasteiger partial charge on any atom is -0.350 e. The second-order valence-corrected chi connectivity index (χ2v) is 10.0. The zero-order chi connectivity index (χ0) is 19.8. The highest BCUT2D eigenvalue weighted by Gasteiger charge is 2.33. The maximum atomic E-state index is 13.3. The van der Waals surface area contributed by atoms with Crippen LogP contribution in [0.3, 0.4) is 0 Å². The van der Waals surface area contributed by atoms with Gasteiger partial charge in [0.25, 0.3) is 5.91 Å². The standard InChI is InChI=1S/C20H25BrN2O3S/c1-14-18(20(24)23-10-5-4-6-11-23)19(15(2)22(14)3)27(25,26)13-16-8-7-9-17(21)12-16/h7-9,12H,4-6,10-11,13H2,1-3H3. The van der Waals surface area contributed by atoms with Crippen molar-refractivity contribution in [1.29, 1.82) is 0 Å². The SMILES string of the molecule is Cc1c(C(=O)N2CCCCC2)c(S(=O)(=O)Cc2cccc(Br)c2)c(C)n1C. The highest BCUT2D eigenvalue weighted by molar-refractivity contribution is 9.10. The van der Waals surface area contributed by atoms with Crippen LogP contribution in [0.2, 0.25) is 0 Å². The van der Waals surface area contributed by atoms with E-state index in [1.807, 2.05) is 30.7 Å². The monoisotopic (exact) mass is 452 g/mol. The van der Waals surface area contributed by atoms with Gasteiger partial charge < -0.3 is 9.47 Å². The van der Waals surface area contributed by atoms with Crippen LogP contribution in [0, 0.1) is 13.8 Å². The number of hydrogen-bond acceptors (Lipinski definition) is 3. The third-order valence-electron chi connectivity index (χ3n) is 5.34. The van der Waals surface area contributed by atoms with Gasteiger partial charge in [-0.15, -0.1) is 0 Å². The Kier molecular flexibility index (Phi) is 5.82. The van der Waals surface area contributed by atoms with Gasteiger partial charge in [0, 0.05) is 36.0 Å². The van der Waals surface area contributed by atoms with Gasteiger partial charge in [0.15, 0.2) is 9.84 Å². The van der Waals surface area contributed by atoms with Crippen LogP contribution >= 0.6 is 15.9 Å². The molecule has 1 amide bonds. The summed E-state index contributed by atoms with van der Waals surface area (Å²) >= 11 is 3.39. The van der Waals surface area contributed by atoms with Crippen LogP contribution in [-0.4, -0.2) is 36.9 Å². The summed E-state index contributed by atoms with van der Waals surface area (Å²) in [6.45, 7) is 4.98. The van der Waals surface area contributed by atoms with Gasteiger partial charge in [-0.25, -0.2) is 8.42 Å². The van der Waals surface area contributed by atoms with E-state index < -0.39 is 9.84 Å². The van der Waals surface area contributed by atoms with Gasteiger partial charge in [0.1, 0.15) is 4.90 Å². The van der Waals surface area contributed by atoms with Gasteiger partial charge in [0.2, 0.25) is 0 Å². The molecule has 0 spiro atoms. The Morgan fingerprint density at radius 1 is 1.11 bits per heavy atom. The van der Waals surface area contributed by atoms with Crippen LogP contribution in [0.15, 0.2) is 33.6 Å². The van der Waals surface area contributed by atoms with Crippen LogP contribution in [0.25, 0.3) is 0 Å². The van der Waals surface area contributed by atoms with Crippen LogP contribution in [0.4, 0.5) is 0 Å². The van der Waals surface area contributed by atoms with Crippen molar-refractivity contribution in [2.24, 2.45) is 7.05 Å². The Hall–Kier alpha value is -1.60. The minimum atomic E-state index is -3.67. The number of halogens is 1. The molecule has 1 fully saturated rings. The Labute approximate surface area is 169 Å². The van der Waals surface area contributed by atoms with Crippen LogP contribution < -0.4 is 0 Å². The van der Waals surface area contributed by atoms with Crippen molar-refractivity contribution in [3.05, 3.63) is 51.3 Å². The quantitative estimate of drug-likeness (QED) is 0.703. The molecule has 5 nitrogen and oxygen atoms in total. The summed E-state index contributed by atoms with van der Waals surface area (Å²) in [4.78, 5) is 15.2. The summed E-state index contributed by atoms with van der Waals surface area (Å²) in [5.41, 5.74) is 2.35. The lowest BCUT2D eigenvalue weighted by atomic mass is 10.1. The summed E-state index contributed by atoms with van der Waals surface area (Å²) < 4.78 is 29.3. The first-order valence-electron chi connectivity index (χ1n) is 9.14. The lowest BCUT2D eigenvalue weighted by Gasteiger charge is -2.27. The van der Waals surface area contributed by atoms with Crippen LogP contribution in [-0.2, 0) is 22.6 Å². The van der Waals surface area contributed by atoms with E-state index >= 15 is 0 Å². The number of carbonyl (C=O) groups is 1. The number of piperidine rings is 1. The molecule has 3 rings (SSSR count). The van der Waals surface area contributed by atoms with E-state index in [2.05, 4.69) is 15.9 Å². The minimum absolute atomic E-state index is 0.128. The zero-order valence-electron chi connectivity index (χ0n) is 16.0. The smallest absolute Gasteiger partial charge is 0.257 e. The first-order valence-corrected chi connectivity index (χ1v) is 11.6. The number of amides is 1. The fraction of sp³-hybridized carbons (Fsp3) is 0.450. The fourth-order valence-electron chi connectivity index (χ4n) is 3.72. The molecule has 0 bridgehead atoms. The highest BCUT2D eigenvalue weighted by Crippen LogP contribution is 2.31. The van der Waals surface area contributed by atoms with Crippen LogP contribution in [0.5, 0.6) is 0 Å². The highest BCUT2D eigenvalue weighted by atomic mass is 79.9. The Morgan fingerprint density at radius 2 is 1.78 bits per heavy atom. The second kappa shape index (κ2) is 7.80. The van der Waals surface area contributed by atoms with Crippen molar-refractivity contribution < 1.29 is 13.2 Å². The van der Waals surface area contributed by atoms with E-state index in [-0.39, 0.29) is 16.6 Å². The number of benzene rings is 1. The van der Waals surface area contributed by atoms with E-state index in [1.165, 1.54) is 0 Å². The van der Waals surface area contributed by atoms with Gasteiger partial charge in [-0.1, -0.05) is 28.1 Å². The molecule has 146 valence electrons. The van der Waals surface area contributed by atoms with Crippen molar-refractivity contribution >= 4 is 31.7 Å². The third kappa shape index (κ3) is 3.99. The van der Waals surface area contributed by atoms with Gasteiger partial charge in [-0.05, 0) is 50.8 Å². The average Bonchev–Trinajstić information content (AvgIpc) is 2.86. The molecule has 1 aliphatic rings. The van der Waals surface area contributed by atoms with Crippen molar-refractivity contribution in [2.75, 3.05) is 13.1 Å². The molecule has 1 aliphatic heterocycles. The van der Waals surface area contributed by atoms with Crippen molar-refractivity contribution in [3.63, 3.8) is 0 Å². The first kappa shape index (κ1) is 20.1. The number of nitrogens with zero attached hydrogens (tertiary/aromatic N) is 2. The van der Waals surface area contributed by atoms with E-state index in [1.54, 1.807) is 24.0 Å². The van der Waals surface area contributed by atoms with Gasteiger partial charge in [-0.3, -0.25) is 4.79 Å². The molecule has 2 aromatic rings. The molecular formula is C20H25BrN2O3S. The van der Waals surface area contributed by atoms with E-state index in [0.29, 0.717) is 35.6 Å². The molecule has 0 N–H and O–H groups in total. The lowest BCUT2D eigenvalue weighted by Crippen LogP contribution is -2.36. The number of carbonyl (C=O) groups excluding carboxylic acids is 1. The molecule has 1 aromatic carbocycles. The van der Waals surface area contributed by atoms with Gasteiger partial charge >= 0.3 is 0 Å². The molecular weight excluding hydrogens is 428 g/mol. The average molecular weight is 453 g/mol. The molecule has 0 unspecified atom stereocenters. The summed E-state index contributed by atoms with van der Waals surface area (Å²) in [6.07, 6.45) is 3.05. The van der Waals surface area contributed by atoms with Crippen molar-refractivity contribution in [1.82, 2.24) is 9.47 Å². The molecule has 0 aliphatic carbocycles. The van der Waals surface area contributed by atoms with Gasteiger partial charge in [-0.2, -0.15) is 0 Å².